The highest BCUT2D eigenvalue weighted by atomic mass is 16.5. The molecule has 3 aromatic carbocycles. The van der Waals surface area contributed by atoms with Crippen LogP contribution in [0.3, 0.4) is 0 Å². The fourth-order valence-electron chi connectivity index (χ4n) is 3.93. The van der Waals surface area contributed by atoms with Crippen LogP contribution in [0.15, 0.2) is 78.9 Å². The molecular formula is C28H34N6O4. The van der Waals surface area contributed by atoms with Crippen LogP contribution in [-0.4, -0.2) is 55.1 Å². The molecule has 3 aromatic rings. The molecule has 0 saturated carbocycles. The molecule has 0 heterocycles. The maximum Gasteiger partial charge on any atom is 0.327 e. The molecule has 38 heavy (non-hydrogen) atoms. The van der Waals surface area contributed by atoms with Crippen molar-refractivity contribution in [2.24, 2.45) is 5.73 Å². The van der Waals surface area contributed by atoms with Gasteiger partial charge in [-0.1, -0.05) is 30.3 Å². The molecule has 0 unspecified atom stereocenters. The smallest absolute Gasteiger partial charge is 0.327 e. The molecule has 0 saturated heterocycles. The molecule has 5 amide bonds. The standard InChI is InChI=1S/C28H34N6O4/c1-21(35)34(24-14-16-26(17-15-24)38-25-8-5-4-6-9-25)33(3)19-7-18-32(2)20-22-10-12-23(13-11-22)30-28(37)31-27(29)36/h4-6,8-17H,7,18-20H2,1-3H3,(H4,29,30,31,36,37). The van der Waals surface area contributed by atoms with Gasteiger partial charge < -0.3 is 20.7 Å². The topological polar surface area (TPSA) is 120 Å². The first-order chi connectivity index (χ1) is 18.2. The van der Waals surface area contributed by atoms with Crippen LogP contribution in [0, 0.1) is 0 Å². The number of hydrogen-bond acceptors (Lipinski definition) is 6. The van der Waals surface area contributed by atoms with Crippen LogP contribution in [0.25, 0.3) is 0 Å². The SMILES string of the molecule is CC(=O)N(c1ccc(Oc2ccccc2)cc1)N(C)CCCN(C)Cc1ccc(NC(=O)NC(N)=O)cc1. The van der Waals surface area contributed by atoms with Crippen molar-refractivity contribution in [3.63, 3.8) is 0 Å². The number of carbonyl (C=O) groups excluding carboxylic acids is 3. The predicted molar refractivity (Wildman–Crippen MR) is 148 cm³/mol. The first kappa shape index (κ1) is 28.2. The molecule has 0 aliphatic heterocycles. The number of nitrogens with one attached hydrogen (secondary N) is 2. The van der Waals surface area contributed by atoms with Crippen molar-refractivity contribution in [1.29, 1.82) is 0 Å². The second kappa shape index (κ2) is 13.8. The molecule has 10 nitrogen and oxygen atoms in total. The summed E-state index contributed by atoms with van der Waals surface area (Å²) in [7, 11) is 3.93. The van der Waals surface area contributed by atoms with Gasteiger partial charge in [0.05, 0.1) is 5.69 Å². The molecule has 0 aliphatic rings. The van der Waals surface area contributed by atoms with Gasteiger partial charge in [-0.15, -0.1) is 0 Å². The van der Waals surface area contributed by atoms with Gasteiger partial charge in [0.1, 0.15) is 11.5 Å². The van der Waals surface area contributed by atoms with Crippen molar-refractivity contribution in [2.45, 2.75) is 19.9 Å². The van der Waals surface area contributed by atoms with Crippen LogP contribution < -0.4 is 26.1 Å². The van der Waals surface area contributed by atoms with Crippen LogP contribution in [0.1, 0.15) is 18.9 Å². The minimum absolute atomic E-state index is 0.0733. The number of rotatable bonds is 11. The highest BCUT2D eigenvalue weighted by Gasteiger charge is 2.17. The molecule has 0 atom stereocenters. The Kier molecular flexibility index (Phi) is 10.2. The summed E-state index contributed by atoms with van der Waals surface area (Å²) in [6.07, 6.45) is 0.846. The van der Waals surface area contributed by atoms with E-state index in [4.69, 9.17) is 10.5 Å². The van der Waals surface area contributed by atoms with Gasteiger partial charge in [0.25, 0.3) is 0 Å². The van der Waals surface area contributed by atoms with Crippen molar-refractivity contribution >= 4 is 29.3 Å². The molecule has 0 spiro atoms. The van der Waals surface area contributed by atoms with E-state index in [2.05, 4.69) is 10.2 Å². The third-order valence-corrected chi connectivity index (χ3v) is 5.62. The fraction of sp³-hybridized carbons (Fsp3) is 0.250. The molecule has 0 radical (unpaired) electrons. The number of anilines is 2. The second-order valence-electron chi connectivity index (χ2n) is 8.85. The monoisotopic (exact) mass is 518 g/mol. The van der Waals surface area contributed by atoms with Gasteiger partial charge >= 0.3 is 12.1 Å². The summed E-state index contributed by atoms with van der Waals surface area (Å²) < 4.78 is 5.85. The van der Waals surface area contributed by atoms with Crippen LogP contribution in [0.2, 0.25) is 0 Å². The first-order valence-electron chi connectivity index (χ1n) is 12.2. The quantitative estimate of drug-likeness (QED) is 0.324. The average Bonchev–Trinajstić information content (AvgIpc) is 2.86. The zero-order valence-corrected chi connectivity index (χ0v) is 21.9. The van der Waals surface area contributed by atoms with E-state index in [1.807, 2.05) is 91.2 Å². The lowest BCUT2D eigenvalue weighted by molar-refractivity contribution is -0.119. The number of ether oxygens (including phenoxy) is 1. The van der Waals surface area contributed by atoms with E-state index in [0.717, 1.165) is 36.5 Å². The minimum atomic E-state index is -0.913. The third-order valence-electron chi connectivity index (χ3n) is 5.62. The zero-order chi connectivity index (χ0) is 27.5. The normalized spacial score (nSPS) is 10.8. The molecule has 200 valence electrons. The molecule has 3 rings (SSSR count). The Morgan fingerprint density at radius 1 is 0.842 bits per heavy atom. The summed E-state index contributed by atoms with van der Waals surface area (Å²) in [6, 6.07) is 22.7. The third kappa shape index (κ3) is 8.91. The van der Waals surface area contributed by atoms with Gasteiger partial charge in [-0.3, -0.25) is 10.1 Å². The number of benzene rings is 3. The Morgan fingerprint density at radius 2 is 1.47 bits per heavy atom. The number of nitrogens with two attached hydrogens (primary N) is 1. The maximum absolute atomic E-state index is 12.4. The Bertz CT molecular complexity index is 1200. The lowest BCUT2D eigenvalue weighted by atomic mass is 10.2. The largest absolute Gasteiger partial charge is 0.457 e. The summed E-state index contributed by atoms with van der Waals surface area (Å²) in [4.78, 5) is 36.9. The number of imide groups is 1. The Labute approximate surface area is 222 Å². The fourth-order valence-corrected chi connectivity index (χ4v) is 3.93. The number of nitrogens with zero attached hydrogens (tertiary/aromatic N) is 3. The average molecular weight is 519 g/mol. The van der Waals surface area contributed by atoms with Crippen molar-refractivity contribution in [1.82, 2.24) is 15.2 Å². The number of para-hydroxylation sites is 1. The van der Waals surface area contributed by atoms with E-state index < -0.39 is 12.1 Å². The van der Waals surface area contributed by atoms with Crippen LogP contribution in [0.4, 0.5) is 21.0 Å². The number of carbonyl (C=O) groups is 3. The molecular weight excluding hydrogens is 484 g/mol. The Hall–Kier alpha value is -4.41. The number of urea groups is 2. The number of primary amides is 1. The summed E-state index contributed by atoms with van der Waals surface area (Å²) in [5.41, 5.74) is 7.33. The molecule has 0 bridgehead atoms. The Morgan fingerprint density at radius 3 is 2.08 bits per heavy atom. The highest BCUT2D eigenvalue weighted by Crippen LogP contribution is 2.25. The number of hydrazine groups is 1. The van der Waals surface area contributed by atoms with Gasteiger partial charge in [0.2, 0.25) is 5.91 Å². The van der Waals surface area contributed by atoms with Crippen LogP contribution in [-0.2, 0) is 11.3 Å². The van der Waals surface area contributed by atoms with Gasteiger partial charge in [-0.25, -0.2) is 19.6 Å². The lowest BCUT2D eigenvalue weighted by Crippen LogP contribution is -2.44. The molecule has 10 heteroatoms. The van der Waals surface area contributed by atoms with Gasteiger partial charge in [0.15, 0.2) is 0 Å². The van der Waals surface area contributed by atoms with E-state index >= 15 is 0 Å². The first-order valence-corrected chi connectivity index (χ1v) is 12.2. The summed E-state index contributed by atoms with van der Waals surface area (Å²) in [5.74, 6) is 1.38. The van der Waals surface area contributed by atoms with Crippen molar-refractivity contribution < 1.29 is 19.1 Å². The van der Waals surface area contributed by atoms with E-state index in [1.54, 1.807) is 24.1 Å². The van der Waals surface area contributed by atoms with E-state index in [1.165, 1.54) is 0 Å². The molecule has 0 fully saturated rings. The second-order valence-corrected chi connectivity index (χ2v) is 8.85. The summed E-state index contributed by atoms with van der Waals surface area (Å²) in [5, 5.41) is 8.07. The van der Waals surface area contributed by atoms with Crippen molar-refractivity contribution in [2.75, 3.05) is 37.5 Å². The van der Waals surface area contributed by atoms with Crippen LogP contribution in [0.5, 0.6) is 11.5 Å². The molecule has 0 aliphatic carbocycles. The van der Waals surface area contributed by atoms with Crippen molar-refractivity contribution in [3.8, 4) is 11.5 Å². The highest BCUT2D eigenvalue weighted by molar-refractivity contribution is 6.00. The lowest BCUT2D eigenvalue weighted by Gasteiger charge is -2.31. The predicted octanol–water partition coefficient (Wildman–Crippen LogP) is 4.40. The van der Waals surface area contributed by atoms with Gasteiger partial charge in [0, 0.05) is 32.7 Å². The number of amides is 5. The minimum Gasteiger partial charge on any atom is -0.457 e. The van der Waals surface area contributed by atoms with Gasteiger partial charge in [-0.05, 0) is 74.1 Å². The van der Waals surface area contributed by atoms with E-state index in [-0.39, 0.29) is 5.91 Å². The Balaban J connectivity index is 1.47. The summed E-state index contributed by atoms with van der Waals surface area (Å²) in [6.45, 7) is 3.77. The summed E-state index contributed by atoms with van der Waals surface area (Å²) >= 11 is 0. The molecule has 4 N–H and O–H groups in total. The van der Waals surface area contributed by atoms with Gasteiger partial charge in [-0.2, -0.15) is 0 Å². The number of hydrogen-bond donors (Lipinski definition) is 3. The van der Waals surface area contributed by atoms with Crippen molar-refractivity contribution in [3.05, 3.63) is 84.4 Å². The van der Waals surface area contributed by atoms with E-state index in [0.29, 0.717) is 18.0 Å². The zero-order valence-electron chi connectivity index (χ0n) is 21.9. The molecule has 0 aromatic heterocycles. The van der Waals surface area contributed by atoms with E-state index in [9.17, 15) is 14.4 Å². The maximum atomic E-state index is 12.4. The van der Waals surface area contributed by atoms with Crippen LogP contribution >= 0.6 is 0 Å².